The molecule has 0 saturated heterocycles. The van der Waals surface area contributed by atoms with E-state index in [4.69, 9.17) is 0 Å². The summed E-state index contributed by atoms with van der Waals surface area (Å²) >= 11 is 0. The number of amides is 1. The standard InChI is InChI=1S/C21H19FN6O2/c1-13-23-16(11-20(29)24-13)10-18(14-6-8-15(22)9-7-14)25-21(30)12-28-19-5-3-2-4-17(19)26-27-28/h2-9,11,18H,10,12H2,1H3,(H,25,30)(H,23,24,29)/t18-/m1/s1. The predicted molar refractivity (Wildman–Crippen MR) is 108 cm³/mol. The van der Waals surface area contributed by atoms with Gasteiger partial charge in [-0.3, -0.25) is 9.59 Å². The van der Waals surface area contributed by atoms with Gasteiger partial charge in [-0.2, -0.15) is 0 Å². The molecule has 152 valence electrons. The van der Waals surface area contributed by atoms with Crippen LogP contribution in [0, 0.1) is 12.7 Å². The summed E-state index contributed by atoms with van der Waals surface area (Å²) in [6.45, 7) is 1.66. The van der Waals surface area contributed by atoms with Crippen molar-refractivity contribution in [3.8, 4) is 0 Å². The van der Waals surface area contributed by atoms with Gasteiger partial charge in [0, 0.05) is 12.5 Å². The summed E-state index contributed by atoms with van der Waals surface area (Å²) in [5, 5.41) is 11.0. The number of nitrogens with one attached hydrogen (secondary N) is 2. The number of halogens is 1. The monoisotopic (exact) mass is 406 g/mol. The van der Waals surface area contributed by atoms with Crippen LogP contribution in [0.1, 0.15) is 23.1 Å². The summed E-state index contributed by atoms with van der Waals surface area (Å²) in [6.07, 6.45) is 0.278. The summed E-state index contributed by atoms with van der Waals surface area (Å²) < 4.78 is 14.9. The van der Waals surface area contributed by atoms with Crippen LogP contribution in [-0.4, -0.2) is 30.9 Å². The molecule has 0 saturated carbocycles. The van der Waals surface area contributed by atoms with E-state index in [1.807, 2.05) is 24.3 Å². The van der Waals surface area contributed by atoms with Gasteiger partial charge < -0.3 is 10.3 Å². The molecule has 2 N–H and O–H groups in total. The summed E-state index contributed by atoms with van der Waals surface area (Å²) in [5.41, 5.74) is 2.40. The maximum atomic E-state index is 13.4. The van der Waals surface area contributed by atoms with Crippen LogP contribution in [0.3, 0.4) is 0 Å². The molecule has 2 heterocycles. The Labute approximate surface area is 170 Å². The number of aromatic amines is 1. The third kappa shape index (κ3) is 4.40. The molecule has 0 aliphatic rings. The highest BCUT2D eigenvalue weighted by molar-refractivity contribution is 5.80. The van der Waals surface area contributed by atoms with Crippen LogP contribution in [0.2, 0.25) is 0 Å². The quantitative estimate of drug-likeness (QED) is 0.510. The number of hydrogen-bond acceptors (Lipinski definition) is 5. The Morgan fingerprint density at radius 2 is 1.97 bits per heavy atom. The maximum absolute atomic E-state index is 13.4. The SMILES string of the molecule is Cc1nc(C[C@@H](NC(=O)Cn2nnc3ccccc32)c2ccc(F)cc2)cc(=O)[nH]1. The van der Waals surface area contributed by atoms with Gasteiger partial charge in [0.15, 0.2) is 0 Å². The average Bonchev–Trinajstić information content (AvgIpc) is 3.10. The van der Waals surface area contributed by atoms with E-state index in [2.05, 4.69) is 25.6 Å². The molecule has 0 bridgehead atoms. The van der Waals surface area contributed by atoms with Gasteiger partial charge in [-0.1, -0.05) is 29.5 Å². The van der Waals surface area contributed by atoms with E-state index < -0.39 is 6.04 Å². The van der Waals surface area contributed by atoms with E-state index in [0.29, 0.717) is 22.6 Å². The molecule has 4 aromatic rings. The molecule has 0 spiro atoms. The third-order valence-electron chi connectivity index (χ3n) is 4.65. The smallest absolute Gasteiger partial charge is 0.251 e. The lowest BCUT2D eigenvalue weighted by molar-refractivity contribution is -0.122. The predicted octanol–water partition coefficient (Wildman–Crippen LogP) is 2.06. The van der Waals surface area contributed by atoms with E-state index in [1.165, 1.54) is 22.9 Å². The highest BCUT2D eigenvalue weighted by Gasteiger charge is 2.18. The van der Waals surface area contributed by atoms with Crippen molar-refractivity contribution in [2.75, 3.05) is 0 Å². The van der Waals surface area contributed by atoms with E-state index in [-0.39, 0.29) is 30.2 Å². The van der Waals surface area contributed by atoms with Gasteiger partial charge >= 0.3 is 0 Å². The molecule has 0 fully saturated rings. The van der Waals surface area contributed by atoms with Crippen molar-refractivity contribution in [2.24, 2.45) is 0 Å². The van der Waals surface area contributed by atoms with Gasteiger partial charge in [0.2, 0.25) is 5.91 Å². The van der Waals surface area contributed by atoms with Gasteiger partial charge in [0.25, 0.3) is 5.56 Å². The van der Waals surface area contributed by atoms with Crippen molar-refractivity contribution in [1.82, 2.24) is 30.3 Å². The Balaban J connectivity index is 1.57. The zero-order valence-corrected chi connectivity index (χ0v) is 16.2. The molecule has 0 unspecified atom stereocenters. The number of nitrogens with zero attached hydrogens (tertiary/aromatic N) is 4. The first kappa shape index (κ1) is 19.4. The van der Waals surface area contributed by atoms with Gasteiger partial charge in [-0.15, -0.1) is 5.10 Å². The number of benzene rings is 2. The summed E-state index contributed by atoms with van der Waals surface area (Å²) in [5.74, 6) is -0.180. The fourth-order valence-corrected chi connectivity index (χ4v) is 3.31. The van der Waals surface area contributed by atoms with Crippen LogP contribution in [0.5, 0.6) is 0 Å². The van der Waals surface area contributed by atoms with Gasteiger partial charge in [0.05, 0.1) is 17.3 Å². The highest BCUT2D eigenvalue weighted by Crippen LogP contribution is 2.18. The number of aromatic nitrogens is 5. The second-order valence-electron chi connectivity index (χ2n) is 6.93. The summed E-state index contributed by atoms with van der Waals surface area (Å²) in [4.78, 5) is 31.5. The van der Waals surface area contributed by atoms with Gasteiger partial charge in [0.1, 0.15) is 23.7 Å². The fourth-order valence-electron chi connectivity index (χ4n) is 3.31. The fraction of sp³-hybridized carbons (Fsp3) is 0.190. The molecule has 30 heavy (non-hydrogen) atoms. The van der Waals surface area contributed by atoms with E-state index in [1.54, 1.807) is 19.1 Å². The Kier molecular flexibility index (Phi) is 5.34. The number of para-hydroxylation sites is 1. The Hall–Kier alpha value is -3.88. The summed E-state index contributed by atoms with van der Waals surface area (Å²) in [7, 11) is 0. The minimum Gasteiger partial charge on any atom is -0.347 e. The second-order valence-corrected chi connectivity index (χ2v) is 6.93. The molecule has 4 rings (SSSR count). The van der Waals surface area contributed by atoms with Crippen molar-refractivity contribution in [3.05, 3.63) is 87.9 Å². The maximum Gasteiger partial charge on any atom is 0.251 e. The average molecular weight is 406 g/mol. The van der Waals surface area contributed by atoms with Crippen LogP contribution in [-0.2, 0) is 17.8 Å². The Bertz CT molecular complexity index is 1250. The zero-order chi connectivity index (χ0) is 21.1. The van der Waals surface area contributed by atoms with E-state index >= 15 is 0 Å². The number of hydrogen-bond donors (Lipinski definition) is 2. The van der Waals surface area contributed by atoms with Crippen molar-refractivity contribution < 1.29 is 9.18 Å². The number of carbonyl (C=O) groups is 1. The van der Waals surface area contributed by atoms with Crippen LogP contribution in [0.15, 0.2) is 59.4 Å². The first-order chi connectivity index (χ1) is 14.5. The minimum absolute atomic E-state index is 0.0277. The van der Waals surface area contributed by atoms with Crippen molar-refractivity contribution in [1.29, 1.82) is 0 Å². The van der Waals surface area contributed by atoms with E-state index in [9.17, 15) is 14.0 Å². The lowest BCUT2D eigenvalue weighted by Crippen LogP contribution is -2.33. The largest absolute Gasteiger partial charge is 0.347 e. The van der Waals surface area contributed by atoms with Crippen LogP contribution in [0.4, 0.5) is 4.39 Å². The third-order valence-corrected chi connectivity index (χ3v) is 4.65. The molecule has 1 amide bonds. The molecule has 2 aromatic heterocycles. The van der Waals surface area contributed by atoms with Gasteiger partial charge in [-0.05, 0) is 36.8 Å². The van der Waals surface area contributed by atoms with Crippen LogP contribution < -0.4 is 10.9 Å². The molecular formula is C21H19FN6O2. The zero-order valence-electron chi connectivity index (χ0n) is 16.2. The molecule has 1 atom stereocenters. The minimum atomic E-state index is -0.499. The molecule has 0 aliphatic heterocycles. The first-order valence-corrected chi connectivity index (χ1v) is 9.38. The van der Waals surface area contributed by atoms with Crippen molar-refractivity contribution >= 4 is 16.9 Å². The molecule has 2 aromatic carbocycles. The lowest BCUT2D eigenvalue weighted by Gasteiger charge is -2.19. The lowest BCUT2D eigenvalue weighted by atomic mass is 10.0. The molecule has 0 aliphatic carbocycles. The number of H-pyrrole nitrogens is 1. The Morgan fingerprint density at radius 1 is 1.20 bits per heavy atom. The molecular weight excluding hydrogens is 387 g/mol. The first-order valence-electron chi connectivity index (χ1n) is 9.38. The van der Waals surface area contributed by atoms with Crippen LogP contribution in [0.25, 0.3) is 11.0 Å². The molecule has 0 radical (unpaired) electrons. The number of carbonyl (C=O) groups excluding carboxylic acids is 1. The van der Waals surface area contributed by atoms with Crippen molar-refractivity contribution in [2.45, 2.75) is 25.9 Å². The van der Waals surface area contributed by atoms with Gasteiger partial charge in [-0.25, -0.2) is 14.1 Å². The normalized spacial score (nSPS) is 12.1. The number of fused-ring (bicyclic) bond motifs is 1. The topological polar surface area (TPSA) is 106 Å². The Morgan fingerprint density at radius 3 is 2.73 bits per heavy atom. The summed E-state index contributed by atoms with van der Waals surface area (Å²) in [6, 6.07) is 14.1. The van der Waals surface area contributed by atoms with E-state index in [0.717, 1.165) is 5.52 Å². The van der Waals surface area contributed by atoms with Crippen molar-refractivity contribution in [3.63, 3.8) is 0 Å². The molecule has 9 heteroatoms. The number of rotatable bonds is 6. The number of aryl methyl sites for hydroxylation is 1. The highest BCUT2D eigenvalue weighted by atomic mass is 19.1. The van der Waals surface area contributed by atoms with Crippen LogP contribution >= 0.6 is 0 Å². The second kappa shape index (κ2) is 8.24. The molecule has 8 nitrogen and oxygen atoms in total.